The van der Waals surface area contributed by atoms with Crippen molar-refractivity contribution in [2.75, 3.05) is 6.54 Å². The molecule has 0 spiro atoms. The molecule has 0 saturated carbocycles. The van der Waals surface area contributed by atoms with Gasteiger partial charge in [-0.1, -0.05) is 0 Å². The summed E-state index contributed by atoms with van der Waals surface area (Å²) in [6.45, 7) is 2.71. The summed E-state index contributed by atoms with van der Waals surface area (Å²) in [5.74, 6) is 1.96. The van der Waals surface area contributed by atoms with Crippen LogP contribution in [-0.4, -0.2) is 25.9 Å². The van der Waals surface area contributed by atoms with Gasteiger partial charge in [0.15, 0.2) is 5.82 Å². The molecule has 1 aliphatic rings. The van der Waals surface area contributed by atoms with Crippen molar-refractivity contribution in [2.24, 2.45) is 7.05 Å². The van der Waals surface area contributed by atoms with E-state index in [0.29, 0.717) is 0 Å². The van der Waals surface area contributed by atoms with E-state index in [-0.39, 0.29) is 0 Å². The fourth-order valence-electron chi connectivity index (χ4n) is 2.03. The van der Waals surface area contributed by atoms with E-state index < -0.39 is 0 Å². The maximum Gasteiger partial charge on any atom is 0.180 e. The largest absolute Gasteiger partial charge is 0.347 e. The van der Waals surface area contributed by atoms with E-state index in [1.807, 2.05) is 13.2 Å². The number of aromatic nitrogens is 4. The van der Waals surface area contributed by atoms with E-state index in [2.05, 4.69) is 46.6 Å². The third kappa shape index (κ3) is 1.49. The number of hydrogen-bond acceptors (Lipinski definition) is 3. The summed E-state index contributed by atoms with van der Waals surface area (Å²) in [4.78, 5) is 0. The lowest BCUT2D eigenvalue weighted by molar-refractivity contribution is 0.507. The van der Waals surface area contributed by atoms with Gasteiger partial charge in [-0.05, 0) is 22.0 Å². The highest BCUT2D eigenvalue weighted by atomic mass is 79.9. The van der Waals surface area contributed by atoms with Crippen LogP contribution in [0.2, 0.25) is 0 Å². The van der Waals surface area contributed by atoms with Crippen LogP contribution in [-0.2, 0) is 20.1 Å². The topological polar surface area (TPSA) is 47.7 Å². The van der Waals surface area contributed by atoms with Crippen LogP contribution < -0.4 is 5.32 Å². The van der Waals surface area contributed by atoms with Crippen molar-refractivity contribution in [3.8, 4) is 11.5 Å². The third-order valence-corrected chi connectivity index (χ3v) is 3.26. The van der Waals surface area contributed by atoms with Crippen LogP contribution in [0.15, 0.2) is 16.7 Å². The monoisotopic (exact) mass is 281 g/mol. The van der Waals surface area contributed by atoms with E-state index in [1.54, 1.807) is 0 Å². The summed E-state index contributed by atoms with van der Waals surface area (Å²) in [6, 6.07) is 2.07. The molecule has 16 heavy (non-hydrogen) atoms. The molecule has 0 amide bonds. The molecular formula is C10H12BrN5. The molecule has 0 saturated heterocycles. The quantitative estimate of drug-likeness (QED) is 0.853. The molecule has 3 heterocycles. The Labute approximate surface area is 102 Å². The summed E-state index contributed by atoms with van der Waals surface area (Å²) < 4.78 is 5.30. The van der Waals surface area contributed by atoms with E-state index in [9.17, 15) is 0 Å². The number of halogens is 1. The summed E-state index contributed by atoms with van der Waals surface area (Å²) in [5, 5.41) is 11.8. The van der Waals surface area contributed by atoms with Gasteiger partial charge in [0.2, 0.25) is 0 Å². The van der Waals surface area contributed by atoms with Crippen molar-refractivity contribution >= 4 is 15.9 Å². The first-order valence-corrected chi connectivity index (χ1v) is 6.00. The Morgan fingerprint density at radius 1 is 1.44 bits per heavy atom. The smallest absolute Gasteiger partial charge is 0.180 e. The van der Waals surface area contributed by atoms with Crippen LogP contribution in [0.25, 0.3) is 11.5 Å². The van der Waals surface area contributed by atoms with Crippen molar-refractivity contribution in [2.45, 2.75) is 13.1 Å². The van der Waals surface area contributed by atoms with E-state index in [1.165, 1.54) is 0 Å². The van der Waals surface area contributed by atoms with Crippen LogP contribution in [0.4, 0.5) is 0 Å². The first kappa shape index (κ1) is 10.0. The SMILES string of the molecule is Cn1cc(Br)cc1-c1nnc2n1CCNC2. The number of fused-ring (bicyclic) bond motifs is 1. The minimum absolute atomic E-state index is 0.804. The molecular weight excluding hydrogens is 270 g/mol. The Kier molecular flexibility index (Phi) is 2.33. The lowest BCUT2D eigenvalue weighted by Crippen LogP contribution is -2.28. The Balaban J connectivity index is 2.13. The molecule has 0 aliphatic carbocycles. The van der Waals surface area contributed by atoms with Gasteiger partial charge in [0, 0.05) is 30.8 Å². The van der Waals surface area contributed by atoms with Crippen LogP contribution in [0.1, 0.15) is 5.82 Å². The molecule has 0 aromatic carbocycles. The molecule has 1 aliphatic heterocycles. The predicted octanol–water partition coefficient (Wildman–Crippen LogP) is 1.15. The zero-order chi connectivity index (χ0) is 11.1. The molecule has 0 atom stereocenters. The Hall–Kier alpha value is -1.14. The lowest BCUT2D eigenvalue weighted by Gasteiger charge is -2.16. The molecule has 3 rings (SSSR count). The minimum Gasteiger partial charge on any atom is -0.347 e. The predicted molar refractivity (Wildman–Crippen MR) is 63.8 cm³/mol. The first-order valence-electron chi connectivity index (χ1n) is 5.21. The average molecular weight is 282 g/mol. The van der Waals surface area contributed by atoms with E-state index >= 15 is 0 Å². The summed E-state index contributed by atoms with van der Waals surface area (Å²) >= 11 is 3.47. The van der Waals surface area contributed by atoms with Crippen LogP contribution >= 0.6 is 15.9 Å². The van der Waals surface area contributed by atoms with Gasteiger partial charge in [-0.15, -0.1) is 10.2 Å². The van der Waals surface area contributed by atoms with Crippen molar-refractivity contribution < 1.29 is 0 Å². The Morgan fingerprint density at radius 3 is 3.06 bits per heavy atom. The third-order valence-electron chi connectivity index (χ3n) is 2.82. The van der Waals surface area contributed by atoms with Crippen molar-refractivity contribution in [1.82, 2.24) is 24.6 Å². The van der Waals surface area contributed by atoms with Gasteiger partial charge < -0.3 is 14.5 Å². The molecule has 0 fully saturated rings. The van der Waals surface area contributed by atoms with Gasteiger partial charge in [0.1, 0.15) is 5.82 Å². The number of rotatable bonds is 1. The van der Waals surface area contributed by atoms with E-state index in [4.69, 9.17) is 0 Å². The second-order valence-corrected chi connectivity index (χ2v) is 4.84. The second kappa shape index (κ2) is 3.71. The van der Waals surface area contributed by atoms with Crippen molar-refractivity contribution in [3.63, 3.8) is 0 Å². The van der Waals surface area contributed by atoms with Crippen molar-refractivity contribution in [1.29, 1.82) is 0 Å². The van der Waals surface area contributed by atoms with E-state index in [0.717, 1.165) is 41.4 Å². The molecule has 0 radical (unpaired) electrons. The highest BCUT2D eigenvalue weighted by molar-refractivity contribution is 9.10. The van der Waals surface area contributed by atoms with Gasteiger partial charge in [-0.2, -0.15) is 0 Å². The highest BCUT2D eigenvalue weighted by Crippen LogP contribution is 2.24. The molecule has 5 nitrogen and oxygen atoms in total. The standard InChI is InChI=1S/C10H12BrN5/c1-15-6-7(11)4-8(15)10-14-13-9-5-12-2-3-16(9)10/h4,6,12H,2-3,5H2,1H3. The van der Waals surface area contributed by atoms with Gasteiger partial charge >= 0.3 is 0 Å². The maximum absolute atomic E-state index is 4.27. The Bertz CT molecular complexity index is 527. The van der Waals surface area contributed by atoms with Crippen LogP contribution in [0.5, 0.6) is 0 Å². The summed E-state index contributed by atoms with van der Waals surface area (Å²) in [5.41, 5.74) is 1.09. The normalized spacial score (nSPS) is 15.1. The van der Waals surface area contributed by atoms with Gasteiger partial charge in [-0.25, -0.2) is 0 Å². The zero-order valence-electron chi connectivity index (χ0n) is 8.94. The number of hydrogen-bond donors (Lipinski definition) is 1. The number of nitrogens with zero attached hydrogens (tertiary/aromatic N) is 4. The minimum atomic E-state index is 0.804. The zero-order valence-corrected chi connectivity index (χ0v) is 10.5. The van der Waals surface area contributed by atoms with Gasteiger partial charge in [0.05, 0.1) is 12.2 Å². The first-order chi connectivity index (χ1) is 7.75. The average Bonchev–Trinajstić information content (AvgIpc) is 2.81. The van der Waals surface area contributed by atoms with Gasteiger partial charge in [0.25, 0.3) is 0 Å². The molecule has 2 aromatic rings. The number of aryl methyl sites for hydroxylation is 1. The molecule has 84 valence electrons. The molecule has 6 heteroatoms. The molecule has 2 aromatic heterocycles. The second-order valence-electron chi connectivity index (χ2n) is 3.92. The fraction of sp³-hybridized carbons (Fsp3) is 0.400. The number of nitrogens with one attached hydrogen (secondary N) is 1. The molecule has 1 N–H and O–H groups in total. The van der Waals surface area contributed by atoms with Gasteiger partial charge in [-0.3, -0.25) is 0 Å². The Morgan fingerprint density at radius 2 is 2.31 bits per heavy atom. The maximum atomic E-state index is 4.27. The van der Waals surface area contributed by atoms with Crippen LogP contribution in [0.3, 0.4) is 0 Å². The van der Waals surface area contributed by atoms with Crippen molar-refractivity contribution in [3.05, 3.63) is 22.6 Å². The molecule has 0 unspecified atom stereocenters. The summed E-state index contributed by atoms with van der Waals surface area (Å²) in [6.07, 6.45) is 2.03. The highest BCUT2D eigenvalue weighted by Gasteiger charge is 2.18. The van der Waals surface area contributed by atoms with Crippen LogP contribution in [0, 0.1) is 0 Å². The molecule has 0 bridgehead atoms. The summed E-state index contributed by atoms with van der Waals surface area (Å²) in [7, 11) is 2.02. The fourth-order valence-corrected chi connectivity index (χ4v) is 2.55. The lowest BCUT2D eigenvalue weighted by atomic mass is 10.3.